The zero-order chi connectivity index (χ0) is 16.8. The molecule has 0 aliphatic carbocycles. The number of carbonyl (C=O) groups excluding carboxylic acids is 1. The summed E-state index contributed by atoms with van der Waals surface area (Å²) in [6, 6.07) is 11.2. The average molecular weight is 327 g/mol. The Kier molecular flexibility index (Phi) is 5.56. The van der Waals surface area contributed by atoms with Crippen LogP contribution in [0.4, 0.5) is 0 Å². The zero-order valence-electron chi connectivity index (χ0n) is 13.7. The van der Waals surface area contributed by atoms with Gasteiger partial charge in [-0.25, -0.2) is 4.79 Å². The lowest BCUT2D eigenvalue weighted by atomic mass is 10.0. The summed E-state index contributed by atoms with van der Waals surface area (Å²) in [7, 11) is 1.38. The molecule has 1 aromatic carbocycles. The van der Waals surface area contributed by atoms with Gasteiger partial charge in [-0.15, -0.1) is 0 Å². The lowest BCUT2D eigenvalue weighted by molar-refractivity contribution is -0.169. The van der Waals surface area contributed by atoms with Crippen LogP contribution in [0.5, 0.6) is 0 Å². The van der Waals surface area contributed by atoms with Crippen molar-refractivity contribution in [2.45, 2.75) is 32.2 Å². The molecule has 24 heavy (non-hydrogen) atoms. The number of hydrogen-bond donors (Lipinski definition) is 0. The maximum Gasteiger partial charge on any atom is 0.337 e. The van der Waals surface area contributed by atoms with Crippen LogP contribution in [0.1, 0.15) is 35.3 Å². The summed E-state index contributed by atoms with van der Waals surface area (Å²) in [4.78, 5) is 16.0. The van der Waals surface area contributed by atoms with E-state index in [0.717, 1.165) is 42.7 Å². The minimum absolute atomic E-state index is 0.133. The van der Waals surface area contributed by atoms with E-state index in [1.165, 1.54) is 7.11 Å². The van der Waals surface area contributed by atoms with E-state index in [4.69, 9.17) is 14.2 Å². The van der Waals surface area contributed by atoms with E-state index in [9.17, 15) is 4.79 Å². The lowest BCUT2D eigenvalue weighted by Crippen LogP contribution is -2.22. The van der Waals surface area contributed by atoms with E-state index >= 15 is 0 Å². The van der Waals surface area contributed by atoms with Gasteiger partial charge in [-0.2, -0.15) is 0 Å². The number of esters is 1. The first kappa shape index (κ1) is 16.6. The second-order valence-electron chi connectivity index (χ2n) is 5.72. The van der Waals surface area contributed by atoms with Gasteiger partial charge in [0.2, 0.25) is 0 Å². The lowest BCUT2D eigenvalue weighted by Gasteiger charge is -2.22. The molecular weight excluding hydrogens is 306 g/mol. The Hall–Kier alpha value is -2.24. The van der Waals surface area contributed by atoms with Crippen LogP contribution in [0.3, 0.4) is 0 Å². The van der Waals surface area contributed by atoms with Crippen molar-refractivity contribution in [1.29, 1.82) is 0 Å². The molecule has 5 heteroatoms. The molecule has 5 nitrogen and oxygen atoms in total. The van der Waals surface area contributed by atoms with Gasteiger partial charge in [0, 0.05) is 12.8 Å². The smallest absolute Gasteiger partial charge is 0.337 e. The van der Waals surface area contributed by atoms with Crippen LogP contribution in [-0.2, 0) is 20.8 Å². The number of ether oxygens (including phenoxy) is 3. The van der Waals surface area contributed by atoms with E-state index < -0.39 is 0 Å². The van der Waals surface area contributed by atoms with Gasteiger partial charge in [0.1, 0.15) is 0 Å². The number of methoxy groups -OCH3 is 1. The predicted molar refractivity (Wildman–Crippen MR) is 89.4 cm³/mol. The molecule has 1 aliphatic heterocycles. The van der Waals surface area contributed by atoms with E-state index in [2.05, 4.69) is 4.98 Å². The van der Waals surface area contributed by atoms with E-state index in [-0.39, 0.29) is 12.3 Å². The molecule has 0 saturated carbocycles. The second-order valence-corrected chi connectivity index (χ2v) is 5.72. The van der Waals surface area contributed by atoms with E-state index in [1.54, 1.807) is 12.3 Å². The van der Waals surface area contributed by atoms with Crippen LogP contribution in [-0.4, -0.2) is 31.0 Å². The number of nitrogens with zero attached hydrogens (tertiary/aromatic N) is 1. The standard InChI is InChI=1S/C19H21NO4/c1-22-19(21)16-6-4-5-14(11-16)15-8-9-20-17(12-15)13-24-18-7-2-3-10-23-18/h4-6,8-9,11-12,18H,2-3,7,10,13H2,1H3. The topological polar surface area (TPSA) is 57.7 Å². The molecule has 0 spiro atoms. The summed E-state index contributed by atoms with van der Waals surface area (Å²) in [5.41, 5.74) is 3.29. The van der Waals surface area contributed by atoms with Gasteiger partial charge in [0.05, 0.1) is 25.0 Å². The monoisotopic (exact) mass is 327 g/mol. The quantitative estimate of drug-likeness (QED) is 0.786. The van der Waals surface area contributed by atoms with Crippen molar-refractivity contribution in [3.63, 3.8) is 0 Å². The molecule has 1 atom stereocenters. The van der Waals surface area contributed by atoms with Gasteiger partial charge >= 0.3 is 5.97 Å². The first-order chi connectivity index (χ1) is 11.8. The van der Waals surface area contributed by atoms with Crippen LogP contribution in [0.25, 0.3) is 11.1 Å². The molecular formula is C19H21NO4. The average Bonchev–Trinajstić information content (AvgIpc) is 2.67. The molecule has 1 fully saturated rings. The largest absolute Gasteiger partial charge is 0.465 e. The van der Waals surface area contributed by atoms with Crippen molar-refractivity contribution < 1.29 is 19.0 Å². The minimum atomic E-state index is -0.344. The molecule has 3 rings (SSSR count). The van der Waals surface area contributed by atoms with Crippen molar-refractivity contribution in [3.05, 3.63) is 53.9 Å². The summed E-state index contributed by atoms with van der Waals surface area (Å²) in [6.45, 7) is 1.17. The third-order valence-corrected chi connectivity index (χ3v) is 3.99. The number of hydrogen-bond acceptors (Lipinski definition) is 5. The Labute approximate surface area is 141 Å². The first-order valence-electron chi connectivity index (χ1n) is 8.13. The maximum atomic E-state index is 11.7. The van der Waals surface area contributed by atoms with Gasteiger partial charge in [-0.3, -0.25) is 4.98 Å². The molecule has 1 unspecified atom stereocenters. The summed E-state index contributed by atoms with van der Waals surface area (Å²) < 4.78 is 16.1. The molecule has 1 saturated heterocycles. The van der Waals surface area contributed by atoms with Crippen molar-refractivity contribution in [1.82, 2.24) is 4.98 Å². The molecule has 1 aromatic heterocycles. The highest BCUT2D eigenvalue weighted by molar-refractivity contribution is 5.90. The SMILES string of the molecule is COC(=O)c1cccc(-c2ccnc(COC3CCCCO3)c2)c1. The third-order valence-electron chi connectivity index (χ3n) is 3.99. The normalized spacial score (nSPS) is 17.5. The van der Waals surface area contributed by atoms with Crippen molar-refractivity contribution in [2.24, 2.45) is 0 Å². The van der Waals surface area contributed by atoms with Crippen molar-refractivity contribution in [2.75, 3.05) is 13.7 Å². The predicted octanol–water partition coefficient (Wildman–Crippen LogP) is 3.58. The second kappa shape index (κ2) is 8.04. The van der Waals surface area contributed by atoms with Crippen LogP contribution < -0.4 is 0 Å². The van der Waals surface area contributed by atoms with Crippen LogP contribution >= 0.6 is 0 Å². The summed E-state index contributed by atoms with van der Waals surface area (Å²) in [5, 5.41) is 0. The molecule has 2 heterocycles. The highest BCUT2D eigenvalue weighted by Gasteiger charge is 2.14. The molecule has 1 aliphatic rings. The van der Waals surface area contributed by atoms with Gasteiger partial charge in [-0.05, 0) is 54.7 Å². The van der Waals surface area contributed by atoms with Crippen LogP contribution in [0.2, 0.25) is 0 Å². The number of pyridine rings is 1. The van der Waals surface area contributed by atoms with Crippen molar-refractivity contribution >= 4 is 5.97 Å². The molecule has 0 radical (unpaired) electrons. The molecule has 126 valence electrons. The fraction of sp³-hybridized carbons (Fsp3) is 0.368. The van der Waals surface area contributed by atoms with Gasteiger partial charge < -0.3 is 14.2 Å². The van der Waals surface area contributed by atoms with E-state index in [0.29, 0.717) is 12.2 Å². The molecule has 0 bridgehead atoms. The fourth-order valence-corrected chi connectivity index (χ4v) is 2.70. The van der Waals surface area contributed by atoms with Crippen molar-refractivity contribution in [3.8, 4) is 11.1 Å². The molecule has 0 N–H and O–H groups in total. The van der Waals surface area contributed by atoms with Gasteiger partial charge in [0.15, 0.2) is 6.29 Å². The van der Waals surface area contributed by atoms with Crippen LogP contribution in [0, 0.1) is 0 Å². The summed E-state index contributed by atoms with van der Waals surface area (Å²) in [6.07, 6.45) is 4.79. The molecule has 0 amide bonds. The van der Waals surface area contributed by atoms with E-state index in [1.807, 2.05) is 30.3 Å². The number of benzene rings is 1. The zero-order valence-corrected chi connectivity index (χ0v) is 13.7. The highest BCUT2D eigenvalue weighted by atomic mass is 16.7. The third kappa shape index (κ3) is 4.19. The summed E-state index contributed by atoms with van der Waals surface area (Å²) >= 11 is 0. The Morgan fingerprint density at radius 2 is 2.12 bits per heavy atom. The van der Waals surface area contributed by atoms with Gasteiger partial charge in [0.25, 0.3) is 0 Å². The molecule has 2 aromatic rings. The minimum Gasteiger partial charge on any atom is -0.465 e. The Balaban J connectivity index is 1.71. The summed E-state index contributed by atoms with van der Waals surface area (Å²) in [5.74, 6) is -0.344. The number of aromatic nitrogens is 1. The number of carbonyl (C=O) groups is 1. The van der Waals surface area contributed by atoms with Crippen LogP contribution in [0.15, 0.2) is 42.6 Å². The Morgan fingerprint density at radius 1 is 1.25 bits per heavy atom. The van der Waals surface area contributed by atoms with Gasteiger partial charge in [-0.1, -0.05) is 12.1 Å². The highest BCUT2D eigenvalue weighted by Crippen LogP contribution is 2.22. The Bertz CT molecular complexity index is 695. The maximum absolute atomic E-state index is 11.7. The Morgan fingerprint density at radius 3 is 2.92 bits per heavy atom. The fourth-order valence-electron chi connectivity index (χ4n) is 2.70. The first-order valence-corrected chi connectivity index (χ1v) is 8.13. The number of rotatable bonds is 5.